The van der Waals surface area contributed by atoms with E-state index in [0.717, 1.165) is 33.8 Å². The van der Waals surface area contributed by atoms with Gasteiger partial charge >= 0.3 is 0 Å². The first-order valence-electron chi connectivity index (χ1n) is 14.8. The maximum Gasteiger partial charge on any atom is 0.252 e. The maximum atomic E-state index is 14.4. The van der Waals surface area contributed by atoms with E-state index >= 15 is 0 Å². The van der Waals surface area contributed by atoms with E-state index < -0.39 is 6.04 Å². The van der Waals surface area contributed by atoms with E-state index in [1.807, 2.05) is 77.7 Å². The van der Waals surface area contributed by atoms with Gasteiger partial charge in [0.1, 0.15) is 17.6 Å². The molecule has 8 nitrogen and oxygen atoms in total. The van der Waals surface area contributed by atoms with Crippen molar-refractivity contribution in [1.82, 2.24) is 9.88 Å². The summed E-state index contributed by atoms with van der Waals surface area (Å²) in [6, 6.07) is 24.0. The lowest BCUT2D eigenvalue weighted by atomic mass is 10.0. The zero-order chi connectivity index (χ0) is 31.5. The molecular weight excluding hydrogens is 609 g/mol. The minimum absolute atomic E-state index is 0.0867. The number of carbonyl (C=O) groups is 2. The van der Waals surface area contributed by atoms with Gasteiger partial charge < -0.3 is 19.4 Å². The van der Waals surface area contributed by atoms with E-state index in [0.29, 0.717) is 60.6 Å². The van der Waals surface area contributed by atoms with Crippen molar-refractivity contribution >= 4 is 52.2 Å². The van der Waals surface area contributed by atoms with Crippen LogP contribution in [0.15, 0.2) is 90.1 Å². The van der Waals surface area contributed by atoms with E-state index in [1.165, 1.54) is 0 Å². The molecule has 0 radical (unpaired) electrons. The Kier molecular flexibility index (Phi) is 9.05. The van der Waals surface area contributed by atoms with Crippen LogP contribution < -0.4 is 14.5 Å². The third-order valence-corrected chi connectivity index (χ3v) is 8.89. The molecule has 0 bridgehead atoms. The lowest BCUT2D eigenvalue weighted by molar-refractivity contribution is -0.129. The number of benzene rings is 3. The van der Waals surface area contributed by atoms with E-state index in [2.05, 4.69) is 4.90 Å². The monoisotopic (exact) mass is 641 g/mol. The van der Waals surface area contributed by atoms with Crippen molar-refractivity contribution in [2.24, 2.45) is 4.99 Å². The number of benzodiazepines with no additional fused rings is 1. The second-order valence-corrected chi connectivity index (χ2v) is 12.0. The number of hydrogen-bond donors (Lipinski definition) is 0. The molecule has 2 aliphatic heterocycles. The van der Waals surface area contributed by atoms with Crippen molar-refractivity contribution in [3.05, 3.63) is 117 Å². The molecule has 45 heavy (non-hydrogen) atoms. The van der Waals surface area contributed by atoms with Crippen molar-refractivity contribution in [3.63, 3.8) is 0 Å². The summed E-state index contributed by atoms with van der Waals surface area (Å²) in [6.07, 6.45) is 2.13. The van der Waals surface area contributed by atoms with Crippen molar-refractivity contribution in [1.29, 1.82) is 0 Å². The van der Waals surface area contributed by atoms with Gasteiger partial charge in [0.2, 0.25) is 5.91 Å². The molecule has 3 aromatic carbocycles. The topological polar surface area (TPSA) is 78.3 Å². The Balaban J connectivity index is 1.40. The van der Waals surface area contributed by atoms with Crippen LogP contribution in [0.1, 0.15) is 29.2 Å². The van der Waals surface area contributed by atoms with E-state index in [9.17, 15) is 9.59 Å². The number of fused-ring (bicyclic) bond motifs is 1. The maximum absolute atomic E-state index is 14.4. The molecule has 1 atom stereocenters. The molecule has 0 saturated carbocycles. The van der Waals surface area contributed by atoms with E-state index in [-0.39, 0.29) is 11.8 Å². The quantitative estimate of drug-likeness (QED) is 0.245. The van der Waals surface area contributed by atoms with Crippen molar-refractivity contribution in [3.8, 4) is 5.75 Å². The lowest BCUT2D eigenvalue weighted by Gasteiger charge is -2.34. The molecule has 230 valence electrons. The Bertz CT molecular complexity index is 1740. The van der Waals surface area contributed by atoms with Crippen LogP contribution in [-0.4, -0.2) is 66.7 Å². The number of aromatic nitrogens is 1. The summed E-state index contributed by atoms with van der Waals surface area (Å²) in [6.45, 7) is 4.67. The van der Waals surface area contributed by atoms with Gasteiger partial charge in [-0.05, 0) is 59.7 Å². The summed E-state index contributed by atoms with van der Waals surface area (Å²) in [5, 5.41) is 1.13. The molecule has 3 heterocycles. The average Bonchev–Trinajstić information content (AvgIpc) is 3.16. The number of halogens is 2. The molecule has 2 aliphatic rings. The number of anilines is 2. The molecule has 1 saturated heterocycles. The first kappa shape index (κ1) is 30.6. The molecule has 1 fully saturated rings. The molecule has 2 amide bonds. The zero-order valence-electron chi connectivity index (χ0n) is 25.1. The minimum Gasteiger partial charge on any atom is -0.497 e. The van der Waals surface area contributed by atoms with Crippen molar-refractivity contribution in [2.75, 3.05) is 43.1 Å². The Morgan fingerprint density at radius 2 is 1.71 bits per heavy atom. The van der Waals surface area contributed by atoms with Crippen LogP contribution in [0.2, 0.25) is 10.0 Å². The number of aliphatic imine (C=N–C) groups is 1. The normalized spacial score (nSPS) is 16.6. The van der Waals surface area contributed by atoms with Crippen LogP contribution in [0.5, 0.6) is 5.75 Å². The van der Waals surface area contributed by atoms with Crippen molar-refractivity contribution < 1.29 is 14.3 Å². The van der Waals surface area contributed by atoms with Gasteiger partial charge in [0.25, 0.3) is 5.91 Å². The second kappa shape index (κ2) is 13.3. The molecule has 10 heteroatoms. The molecule has 0 aliphatic carbocycles. The third kappa shape index (κ3) is 6.67. The SMILES string of the molecule is COc1ccc(CN2C(=O)C(Cc3ccccc3Cl)N=C(c3ccc(N4CCN(C(C)=O)CC4)nc3)c3cc(Cl)ccc32)cc1. The molecule has 6 rings (SSSR count). The van der Waals surface area contributed by atoms with Crippen LogP contribution >= 0.6 is 23.2 Å². The van der Waals surface area contributed by atoms with Gasteiger partial charge in [-0.2, -0.15) is 0 Å². The van der Waals surface area contributed by atoms with Gasteiger partial charge in [0.05, 0.1) is 25.1 Å². The summed E-state index contributed by atoms with van der Waals surface area (Å²) >= 11 is 13.1. The van der Waals surface area contributed by atoms with Crippen LogP contribution in [0, 0.1) is 0 Å². The highest BCUT2D eigenvalue weighted by Gasteiger charge is 2.33. The fourth-order valence-corrected chi connectivity index (χ4v) is 6.17. The fourth-order valence-electron chi connectivity index (χ4n) is 5.79. The zero-order valence-corrected chi connectivity index (χ0v) is 26.6. The number of pyridine rings is 1. The van der Waals surface area contributed by atoms with E-state index in [1.54, 1.807) is 31.2 Å². The molecule has 1 unspecified atom stereocenters. The molecule has 0 N–H and O–H groups in total. The summed E-state index contributed by atoms with van der Waals surface area (Å²) in [5.74, 6) is 1.51. The number of methoxy groups -OCH3 is 1. The number of amides is 2. The first-order valence-corrected chi connectivity index (χ1v) is 15.6. The highest BCUT2D eigenvalue weighted by Crippen LogP contribution is 2.34. The minimum atomic E-state index is -0.747. The van der Waals surface area contributed by atoms with Gasteiger partial charge in [0, 0.05) is 66.9 Å². The predicted octanol–water partition coefficient (Wildman–Crippen LogP) is 6.06. The summed E-state index contributed by atoms with van der Waals surface area (Å²) in [4.78, 5) is 41.9. The average molecular weight is 643 g/mol. The van der Waals surface area contributed by atoms with Gasteiger partial charge in [-0.1, -0.05) is 53.5 Å². The van der Waals surface area contributed by atoms with E-state index in [4.69, 9.17) is 37.9 Å². The first-order chi connectivity index (χ1) is 21.8. The van der Waals surface area contributed by atoms with Crippen LogP contribution in [0.3, 0.4) is 0 Å². The van der Waals surface area contributed by atoms with Gasteiger partial charge in [-0.15, -0.1) is 0 Å². The largest absolute Gasteiger partial charge is 0.497 e. The van der Waals surface area contributed by atoms with Crippen LogP contribution in [-0.2, 0) is 22.6 Å². The highest BCUT2D eigenvalue weighted by molar-refractivity contribution is 6.32. The molecule has 1 aromatic heterocycles. The number of rotatable bonds is 7. The van der Waals surface area contributed by atoms with Gasteiger partial charge in [0.15, 0.2) is 0 Å². The fraction of sp³-hybridized carbons (Fsp3) is 0.257. The number of piperazine rings is 1. The standard InChI is InChI=1S/C35H33Cl2N5O3/c1-23(43)40-15-17-41(18-16-40)33-14-9-26(21-38-33)34-29-20-27(36)10-13-32(29)42(22-24-7-11-28(45-2)12-8-24)35(44)31(39-34)19-25-5-3-4-6-30(25)37/h3-14,20-21,31H,15-19,22H2,1-2H3. The number of carbonyl (C=O) groups excluding carboxylic acids is 2. The van der Waals surface area contributed by atoms with Gasteiger partial charge in [-0.25, -0.2) is 4.98 Å². The smallest absolute Gasteiger partial charge is 0.252 e. The Labute approximate surface area is 272 Å². The highest BCUT2D eigenvalue weighted by atomic mass is 35.5. The Morgan fingerprint density at radius 1 is 0.956 bits per heavy atom. The summed E-state index contributed by atoms with van der Waals surface area (Å²) < 4.78 is 5.34. The van der Waals surface area contributed by atoms with Gasteiger partial charge in [-0.3, -0.25) is 14.6 Å². The van der Waals surface area contributed by atoms with Crippen LogP contribution in [0.25, 0.3) is 0 Å². The molecular formula is C35H33Cl2N5O3. The summed E-state index contributed by atoms with van der Waals surface area (Å²) in [5.41, 5.74) is 4.65. The van der Waals surface area contributed by atoms with Crippen LogP contribution in [0.4, 0.5) is 11.5 Å². The third-order valence-electron chi connectivity index (χ3n) is 8.28. The lowest BCUT2D eigenvalue weighted by Crippen LogP contribution is -2.48. The number of nitrogens with zero attached hydrogens (tertiary/aromatic N) is 5. The van der Waals surface area contributed by atoms with Crippen molar-refractivity contribution in [2.45, 2.75) is 25.9 Å². The molecule has 4 aromatic rings. The summed E-state index contributed by atoms with van der Waals surface area (Å²) in [7, 11) is 1.63. The Morgan fingerprint density at radius 3 is 2.38 bits per heavy atom. The molecule has 0 spiro atoms. The number of hydrogen-bond acceptors (Lipinski definition) is 6. The predicted molar refractivity (Wildman–Crippen MR) is 179 cm³/mol. The second-order valence-electron chi connectivity index (χ2n) is 11.1. The number of ether oxygens (including phenoxy) is 1. The Hall–Kier alpha value is -4.40.